The number of aliphatic hydroxyl groups excluding tert-OH is 2. The first-order valence-electron chi connectivity index (χ1n) is 15.2. The lowest BCUT2D eigenvalue weighted by atomic mass is 9.76. The second-order valence-corrected chi connectivity index (χ2v) is 12.9. The number of aliphatic hydroxyl groups is 2. The Bertz CT molecular complexity index is 1090. The van der Waals surface area contributed by atoms with Crippen molar-refractivity contribution in [1.29, 1.82) is 0 Å². The van der Waals surface area contributed by atoms with Crippen LogP contribution in [0.15, 0.2) is 18.2 Å². The zero-order valence-electron chi connectivity index (χ0n) is 24.1. The second kappa shape index (κ2) is 12.0. The Kier molecular flexibility index (Phi) is 8.63. The van der Waals surface area contributed by atoms with Gasteiger partial charge in [-0.25, -0.2) is 4.90 Å². The van der Waals surface area contributed by atoms with E-state index in [2.05, 4.69) is 45.3 Å². The highest BCUT2D eigenvalue weighted by Gasteiger charge is 2.52. The Labute approximate surface area is 244 Å². The average molecular weight is 599 g/mol. The first-order valence-corrected chi connectivity index (χ1v) is 15.2. The molecule has 0 amide bonds. The molecule has 0 spiro atoms. The lowest BCUT2D eigenvalue weighted by Crippen LogP contribution is -2.68. The molecule has 9 N–H and O–H groups in total. The number of nitrogens with two attached hydrogens (primary N) is 1. The summed E-state index contributed by atoms with van der Waals surface area (Å²) >= 11 is 0. The monoisotopic (exact) mass is 598 g/mol. The number of alkyl halides is 3. The van der Waals surface area contributed by atoms with E-state index < -0.39 is 37.1 Å². The van der Waals surface area contributed by atoms with Gasteiger partial charge in [0.1, 0.15) is 24.5 Å². The Hall–Kier alpha value is -1.75. The molecule has 0 aromatic heterocycles. The largest absolute Gasteiger partial charge is 0.393 e. The summed E-state index contributed by atoms with van der Waals surface area (Å²) in [4.78, 5) is 4.40. The Morgan fingerprint density at radius 1 is 1.07 bits per heavy atom. The first-order chi connectivity index (χ1) is 20.0. The highest BCUT2D eigenvalue weighted by molar-refractivity contribution is 5.75. The summed E-state index contributed by atoms with van der Waals surface area (Å²) in [5.74, 6) is 0.555. The van der Waals surface area contributed by atoms with Crippen molar-refractivity contribution in [2.75, 3.05) is 30.5 Å². The fraction of sp³-hybridized carbons (Fsp3) is 0.786. The van der Waals surface area contributed by atoms with Crippen LogP contribution in [-0.2, 0) is 11.2 Å². The Balaban J connectivity index is 0.974. The molecule has 0 bridgehead atoms. The number of hydrogen-bond acceptors (Lipinski definition) is 11. The topological polar surface area (TPSA) is 142 Å². The van der Waals surface area contributed by atoms with Crippen LogP contribution in [0.3, 0.4) is 0 Å². The highest BCUT2D eigenvalue weighted by Crippen LogP contribution is 2.39. The Morgan fingerprint density at radius 3 is 2.57 bits per heavy atom. The summed E-state index contributed by atoms with van der Waals surface area (Å²) in [5, 5.41) is 38.6. The Morgan fingerprint density at radius 2 is 1.83 bits per heavy atom. The summed E-state index contributed by atoms with van der Waals surface area (Å²) in [6, 6.07) is 5.44. The number of nitrogens with one attached hydrogen (secondary N) is 5. The van der Waals surface area contributed by atoms with Crippen molar-refractivity contribution in [3.8, 4) is 0 Å². The van der Waals surface area contributed by atoms with Crippen LogP contribution in [-0.4, -0.2) is 107 Å². The van der Waals surface area contributed by atoms with E-state index in [-0.39, 0.29) is 36.1 Å². The molecule has 3 saturated heterocycles. The van der Waals surface area contributed by atoms with Crippen molar-refractivity contribution in [1.82, 2.24) is 25.8 Å². The number of fused-ring (bicyclic) bond motifs is 2. The molecule has 1 aliphatic carbocycles. The predicted octanol–water partition coefficient (Wildman–Crippen LogP) is 0.663. The zero-order chi connectivity index (χ0) is 29.8. The quantitative estimate of drug-likeness (QED) is 0.203. The molecule has 14 heteroatoms. The number of nitrogens with zero attached hydrogens (tertiary/aromatic N) is 2. The molecule has 5 aliphatic rings. The molecular weight excluding hydrogens is 553 g/mol. The van der Waals surface area contributed by atoms with Crippen molar-refractivity contribution in [2.45, 2.75) is 113 Å². The van der Waals surface area contributed by atoms with Crippen LogP contribution in [0.4, 0.5) is 24.5 Å². The third-order valence-electron chi connectivity index (χ3n) is 9.65. The lowest BCUT2D eigenvalue weighted by Gasteiger charge is -2.46. The molecule has 0 radical (unpaired) electrons. The van der Waals surface area contributed by atoms with Crippen LogP contribution in [0.1, 0.15) is 45.1 Å². The second-order valence-electron chi connectivity index (χ2n) is 12.9. The first kappa shape index (κ1) is 30.3. The maximum atomic E-state index is 12.8. The van der Waals surface area contributed by atoms with Gasteiger partial charge in [0.15, 0.2) is 0 Å². The van der Waals surface area contributed by atoms with E-state index in [1.165, 1.54) is 6.07 Å². The number of halogens is 3. The van der Waals surface area contributed by atoms with E-state index in [9.17, 15) is 23.4 Å². The van der Waals surface area contributed by atoms with Gasteiger partial charge in [0.2, 0.25) is 0 Å². The van der Waals surface area contributed by atoms with Gasteiger partial charge >= 0.3 is 6.18 Å². The van der Waals surface area contributed by atoms with Crippen molar-refractivity contribution in [2.24, 2.45) is 11.7 Å². The van der Waals surface area contributed by atoms with Crippen molar-refractivity contribution < 1.29 is 28.1 Å². The highest BCUT2D eigenvalue weighted by atomic mass is 19.4. The summed E-state index contributed by atoms with van der Waals surface area (Å²) < 4.78 is 44.7. The van der Waals surface area contributed by atoms with Crippen molar-refractivity contribution in [3.05, 3.63) is 23.8 Å². The minimum Gasteiger partial charge on any atom is -0.387 e. The summed E-state index contributed by atoms with van der Waals surface area (Å²) in [6.45, 7) is 5.89. The number of rotatable bonds is 9. The summed E-state index contributed by atoms with van der Waals surface area (Å²) in [5.41, 5.74) is 8.03. The fourth-order valence-corrected chi connectivity index (χ4v) is 7.34. The van der Waals surface area contributed by atoms with Crippen LogP contribution >= 0.6 is 0 Å². The smallest absolute Gasteiger partial charge is 0.387 e. The van der Waals surface area contributed by atoms with E-state index in [0.717, 1.165) is 37.1 Å². The van der Waals surface area contributed by atoms with E-state index in [1.54, 1.807) is 12.1 Å². The summed E-state index contributed by atoms with van der Waals surface area (Å²) in [7, 11) is 0. The van der Waals surface area contributed by atoms with E-state index >= 15 is 0 Å². The predicted molar refractivity (Wildman–Crippen MR) is 152 cm³/mol. The van der Waals surface area contributed by atoms with Crippen LogP contribution in [0.5, 0.6) is 0 Å². The van der Waals surface area contributed by atoms with Crippen LogP contribution < -0.4 is 32.3 Å². The number of ether oxygens (including phenoxy) is 1. The minimum absolute atomic E-state index is 0.00510. The van der Waals surface area contributed by atoms with Gasteiger partial charge in [-0.1, -0.05) is 6.07 Å². The van der Waals surface area contributed by atoms with Gasteiger partial charge in [-0.2, -0.15) is 13.2 Å². The standard InChI is InChI=1S/C28H45F3N8O3/c1-14(2)38(11-20-23(40)24(41)27(42-20)39-13-35-22-25(32)33-12-34-26(22)39)17-7-15(8-17)4-6-21-36-18-5-3-16(9-19(18)37-21)10-28(29,30)31/h3,5,9,14-15,17,20-27,33-37,40-41H,4,6-8,10-13,32H2,1-2H3/t15-,17-,20-,21?,22?,23-,24-,25?,26?,27-/m1/s1. The molecule has 4 heterocycles. The normalized spacial score (nSPS) is 38.3. The van der Waals surface area contributed by atoms with E-state index in [0.29, 0.717) is 31.8 Å². The van der Waals surface area contributed by atoms with Gasteiger partial charge in [0.05, 0.1) is 49.0 Å². The molecule has 1 aromatic carbocycles. The molecule has 236 valence electrons. The maximum Gasteiger partial charge on any atom is 0.393 e. The fourth-order valence-electron chi connectivity index (χ4n) is 7.34. The van der Waals surface area contributed by atoms with Crippen LogP contribution in [0.2, 0.25) is 0 Å². The minimum atomic E-state index is -4.22. The van der Waals surface area contributed by atoms with E-state index in [1.807, 2.05) is 4.90 Å². The zero-order valence-corrected chi connectivity index (χ0v) is 24.1. The number of hydrogen-bond donors (Lipinski definition) is 8. The maximum absolute atomic E-state index is 12.8. The molecule has 4 fully saturated rings. The summed E-state index contributed by atoms with van der Waals surface area (Å²) in [6.07, 6.45) is -4.64. The molecule has 4 aliphatic heterocycles. The molecule has 1 aromatic rings. The lowest BCUT2D eigenvalue weighted by molar-refractivity contribution is -0.127. The molecule has 4 unspecified atom stereocenters. The van der Waals surface area contributed by atoms with Crippen molar-refractivity contribution in [3.63, 3.8) is 0 Å². The van der Waals surface area contributed by atoms with E-state index in [4.69, 9.17) is 10.5 Å². The van der Waals surface area contributed by atoms with Gasteiger partial charge in [0, 0.05) is 25.3 Å². The average Bonchev–Trinajstić information content (AvgIpc) is 3.58. The SMILES string of the molecule is CC(C)N(C[C@H]1O[C@@H](N2CNC3C(N)NCNC32)[C@H](O)[C@@H]1O)[C@H]1C[C@H](CCC2Nc3ccc(CC(F)(F)F)cc3N2)C1. The molecule has 1 saturated carbocycles. The van der Waals surface area contributed by atoms with Gasteiger partial charge in [0.25, 0.3) is 0 Å². The number of anilines is 2. The van der Waals surface area contributed by atoms with Crippen LogP contribution in [0, 0.1) is 5.92 Å². The number of benzene rings is 1. The molecule has 6 rings (SSSR count). The molecule has 11 nitrogen and oxygen atoms in total. The van der Waals surface area contributed by atoms with Gasteiger partial charge in [-0.05, 0) is 63.1 Å². The molecule has 42 heavy (non-hydrogen) atoms. The van der Waals surface area contributed by atoms with Gasteiger partial charge in [-0.15, -0.1) is 0 Å². The molecule has 8 atom stereocenters. The third-order valence-corrected chi connectivity index (χ3v) is 9.65. The van der Waals surface area contributed by atoms with Gasteiger partial charge in [-0.3, -0.25) is 20.9 Å². The van der Waals surface area contributed by atoms with Gasteiger partial charge < -0.3 is 31.3 Å². The third kappa shape index (κ3) is 6.24. The van der Waals surface area contributed by atoms with Crippen LogP contribution in [0.25, 0.3) is 0 Å². The molecular formula is C28H45F3N8O3. The van der Waals surface area contributed by atoms with Crippen molar-refractivity contribution >= 4 is 11.4 Å².